The Morgan fingerprint density at radius 1 is 1.45 bits per heavy atom. The van der Waals surface area contributed by atoms with Crippen LogP contribution in [0.5, 0.6) is 0 Å². The Morgan fingerprint density at radius 2 is 2.15 bits per heavy atom. The van der Waals surface area contributed by atoms with Gasteiger partial charge in [0.15, 0.2) is 0 Å². The molecule has 118 valence electrons. The predicted octanol–water partition coefficient (Wildman–Crippen LogP) is 2.27. The zero-order chi connectivity index (χ0) is 15.2. The molecule has 3 atom stereocenters. The van der Waals surface area contributed by atoms with Crippen molar-refractivity contribution in [1.82, 2.24) is 10.2 Å². The van der Waals surface area contributed by atoms with Gasteiger partial charge in [0, 0.05) is 12.1 Å². The maximum Gasteiger partial charge on any atom is 0.237 e. The number of rotatable bonds is 8. The molecular weight excluding hydrogens is 250 g/mol. The van der Waals surface area contributed by atoms with Crippen LogP contribution in [0.15, 0.2) is 0 Å². The first-order valence-electron chi connectivity index (χ1n) is 8.31. The fourth-order valence-electron chi connectivity index (χ4n) is 3.53. The van der Waals surface area contributed by atoms with Gasteiger partial charge in [-0.15, -0.1) is 0 Å². The van der Waals surface area contributed by atoms with Crippen LogP contribution in [-0.2, 0) is 4.79 Å². The van der Waals surface area contributed by atoms with Gasteiger partial charge in [0.25, 0.3) is 0 Å². The van der Waals surface area contributed by atoms with Crippen molar-refractivity contribution in [2.45, 2.75) is 83.8 Å². The predicted molar refractivity (Wildman–Crippen MR) is 84.6 cm³/mol. The molecule has 0 saturated heterocycles. The summed E-state index contributed by atoms with van der Waals surface area (Å²) in [6.07, 6.45) is 6.19. The van der Waals surface area contributed by atoms with E-state index in [1.54, 1.807) is 0 Å². The summed E-state index contributed by atoms with van der Waals surface area (Å²) in [5.41, 5.74) is 5.25. The first-order valence-corrected chi connectivity index (χ1v) is 8.31. The van der Waals surface area contributed by atoms with Gasteiger partial charge < -0.3 is 11.1 Å². The van der Waals surface area contributed by atoms with Gasteiger partial charge in [-0.25, -0.2) is 0 Å². The van der Waals surface area contributed by atoms with Gasteiger partial charge in [-0.2, -0.15) is 0 Å². The Bertz CT molecular complexity index is 308. The van der Waals surface area contributed by atoms with Crippen molar-refractivity contribution in [3.05, 3.63) is 0 Å². The van der Waals surface area contributed by atoms with Crippen LogP contribution in [0.1, 0.15) is 66.2 Å². The van der Waals surface area contributed by atoms with Crippen LogP contribution in [0.2, 0.25) is 0 Å². The van der Waals surface area contributed by atoms with Crippen LogP contribution in [0.25, 0.3) is 0 Å². The summed E-state index contributed by atoms with van der Waals surface area (Å²) in [6, 6.07) is 1.04. The molecular formula is C16H33N3O. The van der Waals surface area contributed by atoms with E-state index in [1.165, 1.54) is 6.42 Å². The Labute approximate surface area is 124 Å². The zero-order valence-corrected chi connectivity index (χ0v) is 13.7. The van der Waals surface area contributed by atoms with Gasteiger partial charge in [-0.3, -0.25) is 9.69 Å². The highest BCUT2D eigenvalue weighted by molar-refractivity contribution is 5.84. The van der Waals surface area contributed by atoms with Crippen LogP contribution in [0, 0.1) is 0 Å². The average Bonchev–Trinajstić information content (AvgIpc) is 2.45. The summed E-state index contributed by atoms with van der Waals surface area (Å²) in [6.45, 7) is 10.8. The Hall–Kier alpha value is -0.610. The van der Waals surface area contributed by atoms with Crippen LogP contribution < -0.4 is 11.1 Å². The largest absolute Gasteiger partial charge is 0.368 e. The smallest absolute Gasteiger partial charge is 0.237 e. The molecule has 4 heteroatoms. The molecule has 3 unspecified atom stereocenters. The first kappa shape index (κ1) is 17.4. The normalized spacial score (nSPS) is 28.6. The molecule has 1 aliphatic rings. The van der Waals surface area contributed by atoms with Crippen molar-refractivity contribution in [2.24, 2.45) is 5.73 Å². The quantitative estimate of drug-likeness (QED) is 0.718. The van der Waals surface area contributed by atoms with E-state index in [0.29, 0.717) is 12.1 Å². The lowest BCUT2D eigenvalue weighted by Crippen LogP contribution is -2.61. The minimum atomic E-state index is -0.486. The number of primary amides is 1. The standard InChI is InChI=1S/C16H33N3O/c1-5-11-18-16(15(17)20)10-8-9-14(12-16)19(7-3)13(4)6-2/h13-14,18H,5-12H2,1-4H3,(H2,17,20). The lowest BCUT2D eigenvalue weighted by Gasteiger charge is -2.45. The summed E-state index contributed by atoms with van der Waals surface area (Å²) in [5.74, 6) is -0.171. The van der Waals surface area contributed by atoms with E-state index in [1.807, 2.05) is 0 Å². The molecule has 20 heavy (non-hydrogen) atoms. The van der Waals surface area contributed by atoms with Crippen LogP contribution >= 0.6 is 0 Å². The van der Waals surface area contributed by atoms with E-state index in [9.17, 15) is 4.79 Å². The van der Waals surface area contributed by atoms with E-state index in [4.69, 9.17) is 5.73 Å². The first-order chi connectivity index (χ1) is 9.50. The molecule has 0 aromatic rings. The molecule has 0 aromatic carbocycles. The van der Waals surface area contributed by atoms with Crippen LogP contribution in [0.4, 0.5) is 0 Å². The molecule has 3 N–H and O–H groups in total. The summed E-state index contributed by atoms with van der Waals surface area (Å²) in [4.78, 5) is 14.6. The lowest BCUT2D eigenvalue weighted by molar-refractivity contribution is -0.127. The number of hydrogen-bond donors (Lipinski definition) is 2. The third-order valence-corrected chi connectivity index (χ3v) is 4.90. The fraction of sp³-hybridized carbons (Fsp3) is 0.938. The second-order valence-corrected chi connectivity index (χ2v) is 6.21. The molecule has 0 radical (unpaired) electrons. The number of carbonyl (C=O) groups excluding carboxylic acids is 1. The van der Waals surface area contributed by atoms with E-state index in [-0.39, 0.29) is 5.91 Å². The highest BCUT2D eigenvalue weighted by atomic mass is 16.1. The molecule has 1 aliphatic carbocycles. The summed E-state index contributed by atoms with van der Waals surface area (Å²) < 4.78 is 0. The molecule has 0 bridgehead atoms. The van der Waals surface area contributed by atoms with E-state index in [2.05, 4.69) is 37.9 Å². The SMILES string of the molecule is CCCNC1(C(N)=O)CCCC(N(CC)C(C)CC)C1. The van der Waals surface area contributed by atoms with Crippen molar-refractivity contribution in [3.8, 4) is 0 Å². The molecule has 1 amide bonds. The number of nitrogens with two attached hydrogens (primary N) is 1. The van der Waals surface area contributed by atoms with Gasteiger partial charge in [-0.1, -0.05) is 20.8 Å². The van der Waals surface area contributed by atoms with E-state index in [0.717, 1.165) is 45.2 Å². The maximum atomic E-state index is 12.0. The molecule has 0 heterocycles. The molecule has 1 saturated carbocycles. The van der Waals surface area contributed by atoms with Crippen molar-refractivity contribution >= 4 is 5.91 Å². The summed E-state index contributed by atoms with van der Waals surface area (Å²) in [5, 5.41) is 3.45. The second kappa shape index (κ2) is 7.99. The Kier molecular flexibility index (Phi) is 6.96. The molecule has 0 aromatic heterocycles. The molecule has 1 fully saturated rings. The van der Waals surface area contributed by atoms with E-state index < -0.39 is 5.54 Å². The highest BCUT2D eigenvalue weighted by Gasteiger charge is 2.42. The van der Waals surface area contributed by atoms with Crippen molar-refractivity contribution in [3.63, 3.8) is 0 Å². The highest BCUT2D eigenvalue weighted by Crippen LogP contribution is 2.32. The fourth-order valence-corrected chi connectivity index (χ4v) is 3.53. The van der Waals surface area contributed by atoms with Crippen molar-refractivity contribution in [1.29, 1.82) is 0 Å². The van der Waals surface area contributed by atoms with Gasteiger partial charge in [0.2, 0.25) is 5.91 Å². The van der Waals surface area contributed by atoms with Crippen molar-refractivity contribution < 1.29 is 4.79 Å². The minimum Gasteiger partial charge on any atom is -0.368 e. The van der Waals surface area contributed by atoms with Gasteiger partial charge >= 0.3 is 0 Å². The number of nitrogens with one attached hydrogen (secondary N) is 1. The third-order valence-electron chi connectivity index (χ3n) is 4.90. The number of hydrogen-bond acceptors (Lipinski definition) is 3. The van der Waals surface area contributed by atoms with Gasteiger partial charge in [0.05, 0.1) is 5.54 Å². The average molecular weight is 283 g/mol. The summed E-state index contributed by atoms with van der Waals surface area (Å²) in [7, 11) is 0. The second-order valence-electron chi connectivity index (χ2n) is 6.21. The molecule has 0 aliphatic heterocycles. The monoisotopic (exact) mass is 283 g/mol. The summed E-state index contributed by atoms with van der Waals surface area (Å²) >= 11 is 0. The molecule has 1 rings (SSSR count). The third kappa shape index (κ3) is 3.95. The van der Waals surface area contributed by atoms with Gasteiger partial charge in [-0.05, 0) is 58.5 Å². The Morgan fingerprint density at radius 3 is 2.65 bits per heavy atom. The van der Waals surface area contributed by atoms with Crippen LogP contribution in [0.3, 0.4) is 0 Å². The van der Waals surface area contributed by atoms with Gasteiger partial charge in [0.1, 0.15) is 0 Å². The Balaban J connectivity index is 2.83. The molecule has 0 spiro atoms. The minimum absolute atomic E-state index is 0.171. The molecule has 4 nitrogen and oxygen atoms in total. The lowest BCUT2D eigenvalue weighted by atomic mass is 9.77. The van der Waals surface area contributed by atoms with Crippen molar-refractivity contribution in [2.75, 3.05) is 13.1 Å². The topological polar surface area (TPSA) is 58.4 Å². The maximum absolute atomic E-state index is 12.0. The van der Waals surface area contributed by atoms with Crippen LogP contribution in [-0.4, -0.2) is 41.5 Å². The number of nitrogens with zero attached hydrogens (tertiary/aromatic N) is 1. The zero-order valence-electron chi connectivity index (χ0n) is 13.7. The van der Waals surface area contributed by atoms with E-state index >= 15 is 0 Å². The number of amides is 1. The number of carbonyl (C=O) groups is 1.